The molecular weight excluding hydrogens is 948 g/mol. The highest BCUT2D eigenvalue weighted by atomic mass is 127. The van der Waals surface area contributed by atoms with Gasteiger partial charge in [-0.05, 0) is 127 Å². The van der Waals surface area contributed by atoms with E-state index in [0.717, 1.165) is 30.0 Å². The number of hydrogen-bond donors (Lipinski definition) is 2. The molecule has 202 valence electrons. The van der Waals surface area contributed by atoms with E-state index in [1.54, 1.807) is 24.3 Å². The minimum absolute atomic E-state index is 0.0146. The first-order valence-electron chi connectivity index (χ1n) is 11.4. The summed E-state index contributed by atoms with van der Waals surface area (Å²) in [5.74, 6) is -2.17. The van der Waals surface area contributed by atoms with Gasteiger partial charge in [-0.1, -0.05) is 19.8 Å². The molecule has 2 aromatic carbocycles. The molecule has 0 saturated heterocycles. The fraction of sp³-hybridized carbons (Fsp3) is 0.280. The Morgan fingerprint density at radius 1 is 0.947 bits per heavy atom. The van der Waals surface area contributed by atoms with E-state index in [0.29, 0.717) is 42.8 Å². The van der Waals surface area contributed by atoms with Crippen molar-refractivity contribution in [2.24, 2.45) is 0 Å². The lowest BCUT2D eigenvalue weighted by Crippen LogP contribution is -2.57. The van der Waals surface area contributed by atoms with Crippen molar-refractivity contribution < 1.29 is 34.1 Å². The van der Waals surface area contributed by atoms with Crippen molar-refractivity contribution in [2.75, 3.05) is 0 Å². The number of carboxylic acid groups (broad SMARTS) is 1. The topological polar surface area (TPSA) is 124 Å². The number of carboxylic acids is 1. The monoisotopic (exact) mass is 970 g/mol. The van der Waals surface area contributed by atoms with Gasteiger partial charge in [-0.2, -0.15) is 5.01 Å². The van der Waals surface area contributed by atoms with Crippen molar-refractivity contribution >= 4 is 114 Å². The third kappa shape index (κ3) is 7.49. The van der Waals surface area contributed by atoms with Gasteiger partial charge in [0.25, 0.3) is 11.8 Å². The van der Waals surface area contributed by atoms with E-state index >= 15 is 0 Å². The predicted molar refractivity (Wildman–Crippen MR) is 173 cm³/mol. The molecule has 0 bridgehead atoms. The van der Waals surface area contributed by atoms with Crippen LogP contribution < -0.4 is 4.74 Å². The first-order chi connectivity index (χ1) is 17.9. The van der Waals surface area contributed by atoms with Gasteiger partial charge >= 0.3 is 5.97 Å². The van der Waals surface area contributed by atoms with Gasteiger partial charge in [-0.15, -0.1) is 0 Å². The second-order valence-corrected chi connectivity index (χ2v) is 13.0. The summed E-state index contributed by atoms with van der Waals surface area (Å²) < 4.78 is 8.76. The first kappa shape index (κ1) is 31.3. The number of halogens is 4. The van der Waals surface area contributed by atoms with Gasteiger partial charge in [0.1, 0.15) is 11.5 Å². The summed E-state index contributed by atoms with van der Waals surface area (Å²) >= 11 is 8.21. The van der Waals surface area contributed by atoms with Crippen LogP contribution in [0.25, 0.3) is 0 Å². The van der Waals surface area contributed by atoms with E-state index in [-0.39, 0.29) is 18.6 Å². The van der Waals surface area contributed by atoms with Crippen LogP contribution in [0.3, 0.4) is 0 Å². The molecule has 2 N–H and O–H groups in total. The van der Waals surface area contributed by atoms with Crippen LogP contribution >= 0.6 is 90.4 Å². The highest BCUT2D eigenvalue weighted by Crippen LogP contribution is 2.37. The third-order valence-electron chi connectivity index (χ3n) is 5.53. The standard InChI is InChI=1S/C25H22I4N2O7/c1-2-3-4-5-20(32)30(31-21(33)6-7-22(31)34)19(25(36)37)10-13-8-17(28)24(18(29)9-13)38-14-11-15(26)23(35)16(27)12-14/h6-9,11-12,19,35H,2-5,10H2,1H3,(H,36,37)/t19-/m0/s1. The van der Waals surface area contributed by atoms with Crippen LogP contribution in [0.5, 0.6) is 17.2 Å². The fourth-order valence-corrected chi connectivity index (χ4v) is 7.55. The number of benzene rings is 2. The third-order valence-corrected chi connectivity index (χ3v) is 8.78. The number of hydrogen-bond acceptors (Lipinski definition) is 6. The molecule has 1 atom stereocenters. The summed E-state index contributed by atoms with van der Waals surface area (Å²) in [6.45, 7) is 1.97. The molecule has 13 heteroatoms. The number of amides is 3. The Kier molecular flexibility index (Phi) is 11.5. The molecule has 0 unspecified atom stereocenters. The molecule has 1 aliphatic rings. The van der Waals surface area contributed by atoms with Crippen LogP contribution in [0.15, 0.2) is 36.4 Å². The number of carbonyl (C=O) groups excluding carboxylic acids is 3. The molecule has 0 radical (unpaired) electrons. The summed E-state index contributed by atoms with van der Waals surface area (Å²) in [4.78, 5) is 50.4. The lowest BCUT2D eigenvalue weighted by atomic mass is 10.0. The second-order valence-electron chi connectivity index (χ2n) is 8.30. The van der Waals surface area contributed by atoms with Crippen LogP contribution in [0.4, 0.5) is 0 Å². The number of nitrogens with zero attached hydrogens (tertiary/aromatic N) is 2. The van der Waals surface area contributed by atoms with Crippen molar-refractivity contribution in [2.45, 2.75) is 45.1 Å². The first-order valence-corrected chi connectivity index (χ1v) is 15.7. The summed E-state index contributed by atoms with van der Waals surface area (Å²) in [7, 11) is 0. The molecular formula is C25H22I4N2O7. The van der Waals surface area contributed by atoms with Gasteiger partial charge in [-0.25, -0.2) is 9.80 Å². The summed E-state index contributed by atoms with van der Waals surface area (Å²) in [5.41, 5.74) is 0.590. The molecule has 0 fully saturated rings. The summed E-state index contributed by atoms with van der Waals surface area (Å²) in [6, 6.07) is 5.43. The number of rotatable bonds is 11. The number of carbonyl (C=O) groups is 4. The highest BCUT2D eigenvalue weighted by molar-refractivity contribution is 14.1. The Balaban J connectivity index is 1.93. The maximum atomic E-state index is 13.1. The van der Waals surface area contributed by atoms with Crippen molar-refractivity contribution in [3.8, 4) is 17.2 Å². The Labute approximate surface area is 273 Å². The van der Waals surface area contributed by atoms with Crippen molar-refractivity contribution in [3.05, 3.63) is 56.3 Å². The number of imide groups is 1. The molecule has 2 aromatic rings. The molecule has 9 nitrogen and oxygen atoms in total. The van der Waals surface area contributed by atoms with Crippen LogP contribution in [-0.2, 0) is 25.6 Å². The Bertz CT molecular complexity index is 1250. The van der Waals surface area contributed by atoms with Gasteiger partial charge in [-0.3, -0.25) is 14.4 Å². The van der Waals surface area contributed by atoms with E-state index in [4.69, 9.17) is 4.74 Å². The van der Waals surface area contributed by atoms with E-state index in [9.17, 15) is 29.4 Å². The minimum Gasteiger partial charge on any atom is -0.506 e. The molecule has 0 aliphatic carbocycles. The molecule has 1 aliphatic heterocycles. The van der Waals surface area contributed by atoms with Crippen LogP contribution in [-0.4, -0.2) is 50.0 Å². The van der Waals surface area contributed by atoms with Crippen LogP contribution in [0.2, 0.25) is 0 Å². The lowest BCUT2D eigenvalue weighted by Gasteiger charge is -2.34. The largest absolute Gasteiger partial charge is 0.506 e. The molecule has 3 amide bonds. The maximum absolute atomic E-state index is 13.1. The second kappa shape index (κ2) is 13.9. The van der Waals surface area contributed by atoms with E-state index in [2.05, 4.69) is 45.2 Å². The zero-order chi connectivity index (χ0) is 28.1. The number of phenolic OH excluding ortho intramolecular Hbond substituents is 1. The number of aliphatic carboxylic acids is 1. The number of hydrazine groups is 1. The Hall–Kier alpha value is -1.22. The van der Waals surface area contributed by atoms with Crippen molar-refractivity contribution in [1.29, 1.82) is 0 Å². The average Bonchev–Trinajstić information content (AvgIpc) is 3.17. The molecule has 0 spiro atoms. The lowest BCUT2D eigenvalue weighted by molar-refractivity contribution is -0.177. The average molecular weight is 970 g/mol. The number of aromatic hydroxyl groups is 1. The number of ether oxygens (including phenoxy) is 1. The molecule has 38 heavy (non-hydrogen) atoms. The zero-order valence-electron chi connectivity index (χ0n) is 19.9. The SMILES string of the molecule is CCCCCC(=O)N([C@@H](Cc1cc(I)c(Oc2cc(I)c(O)c(I)c2)c(I)c1)C(=O)O)N1C(=O)C=CC1=O. The van der Waals surface area contributed by atoms with Gasteiger partial charge in [0.2, 0.25) is 5.91 Å². The van der Waals surface area contributed by atoms with Crippen molar-refractivity contribution in [3.63, 3.8) is 0 Å². The highest BCUT2D eigenvalue weighted by Gasteiger charge is 2.40. The molecule has 3 rings (SSSR count). The zero-order valence-corrected chi connectivity index (χ0v) is 28.5. The van der Waals surface area contributed by atoms with E-state index < -0.39 is 29.7 Å². The van der Waals surface area contributed by atoms with Crippen molar-refractivity contribution in [1.82, 2.24) is 10.0 Å². The van der Waals surface area contributed by atoms with Gasteiger partial charge in [0.05, 0.1) is 14.3 Å². The number of unbranched alkanes of at least 4 members (excludes halogenated alkanes) is 2. The number of phenols is 1. The summed E-state index contributed by atoms with van der Waals surface area (Å²) in [6.07, 6.45) is 4.06. The van der Waals surface area contributed by atoms with Gasteiger partial charge < -0.3 is 14.9 Å². The normalized spacial score (nSPS) is 13.7. The smallest absolute Gasteiger partial charge is 0.328 e. The summed E-state index contributed by atoms with van der Waals surface area (Å²) in [5, 5.41) is 21.6. The van der Waals surface area contributed by atoms with E-state index in [1.807, 2.05) is 52.1 Å². The van der Waals surface area contributed by atoms with Crippen LogP contribution in [0, 0.1) is 14.3 Å². The van der Waals surface area contributed by atoms with Crippen LogP contribution in [0.1, 0.15) is 38.2 Å². The Morgan fingerprint density at radius 2 is 1.50 bits per heavy atom. The maximum Gasteiger partial charge on any atom is 0.328 e. The fourth-order valence-electron chi connectivity index (χ4n) is 3.72. The predicted octanol–water partition coefficient (Wildman–Crippen LogP) is 5.85. The quantitative estimate of drug-likeness (QED) is 0.165. The minimum atomic E-state index is -1.48. The van der Waals surface area contributed by atoms with E-state index in [1.165, 1.54) is 0 Å². The molecule has 0 saturated carbocycles. The molecule has 1 heterocycles. The van der Waals surface area contributed by atoms with Gasteiger partial charge in [0, 0.05) is 25.0 Å². The van der Waals surface area contributed by atoms with Gasteiger partial charge in [0.15, 0.2) is 11.8 Å². The molecule has 0 aromatic heterocycles. The Morgan fingerprint density at radius 3 is 2.00 bits per heavy atom.